The molecule has 0 saturated carbocycles. The summed E-state index contributed by atoms with van der Waals surface area (Å²) < 4.78 is 22.5. The fourth-order valence-corrected chi connectivity index (χ4v) is 3.30. The number of carbonyl (C=O) groups is 1. The minimum Gasteiger partial charge on any atom is -0.462 e. The van der Waals surface area contributed by atoms with Crippen LogP contribution in [0.4, 0.5) is 0 Å². The molecule has 0 radical (unpaired) electrons. The quantitative estimate of drug-likeness (QED) is 0.632. The van der Waals surface area contributed by atoms with Crippen LogP contribution >= 0.6 is 11.6 Å². The number of halogens is 1. The van der Waals surface area contributed by atoms with Gasteiger partial charge in [-0.05, 0) is 31.5 Å². The SMILES string of the molecule is CCOC(=O)c1c(C)oc2ncn(Cc3cc(Cl)c4c(c3)OCO4)c(=O)c12. The number of aromatic nitrogens is 2. The van der Waals surface area contributed by atoms with Crippen LogP contribution in [0.1, 0.15) is 28.6 Å². The molecule has 1 aliphatic rings. The van der Waals surface area contributed by atoms with Gasteiger partial charge in [0.05, 0.1) is 18.2 Å². The zero-order chi connectivity index (χ0) is 19.1. The van der Waals surface area contributed by atoms with Crippen molar-refractivity contribution in [1.29, 1.82) is 0 Å². The molecule has 1 aromatic carbocycles. The molecule has 0 saturated heterocycles. The number of rotatable bonds is 4. The number of nitrogens with zero attached hydrogens (tertiary/aromatic N) is 2. The minimum absolute atomic E-state index is 0.0975. The predicted molar refractivity (Wildman–Crippen MR) is 95.6 cm³/mol. The number of hydrogen-bond acceptors (Lipinski definition) is 7. The van der Waals surface area contributed by atoms with E-state index in [9.17, 15) is 9.59 Å². The van der Waals surface area contributed by atoms with E-state index in [1.165, 1.54) is 10.9 Å². The van der Waals surface area contributed by atoms with Crippen molar-refractivity contribution in [3.05, 3.63) is 50.7 Å². The molecule has 0 aliphatic carbocycles. The third-order valence-electron chi connectivity index (χ3n) is 4.17. The van der Waals surface area contributed by atoms with Gasteiger partial charge < -0.3 is 18.6 Å². The van der Waals surface area contributed by atoms with Crippen LogP contribution in [0, 0.1) is 6.92 Å². The van der Waals surface area contributed by atoms with Crippen LogP contribution in [0.15, 0.2) is 27.7 Å². The van der Waals surface area contributed by atoms with Crippen LogP contribution in [-0.2, 0) is 11.3 Å². The molecule has 27 heavy (non-hydrogen) atoms. The molecule has 1 aliphatic heterocycles. The zero-order valence-corrected chi connectivity index (χ0v) is 15.3. The number of fused-ring (bicyclic) bond motifs is 2. The molecule has 4 rings (SSSR count). The van der Waals surface area contributed by atoms with Gasteiger partial charge in [-0.1, -0.05) is 11.6 Å². The van der Waals surface area contributed by atoms with E-state index in [-0.39, 0.29) is 42.4 Å². The van der Waals surface area contributed by atoms with Crippen LogP contribution in [0.5, 0.6) is 11.5 Å². The van der Waals surface area contributed by atoms with E-state index >= 15 is 0 Å². The van der Waals surface area contributed by atoms with E-state index in [0.29, 0.717) is 16.5 Å². The number of carbonyl (C=O) groups excluding carboxylic acids is 1. The first-order valence-electron chi connectivity index (χ1n) is 8.23. The molecule has 3 heterocycles. The standard InChI is InChI=1S/C18H15ClN2O6/c1-3-24-18(23)13-9(2)27-16-14(13)17(22)21(7-20-16)6-10-4-11(19)15-12(5-10)25-8-26-15/h4-5,7H,3,6,8H2,1-2H3. The summed E-state index contributed by atoms with van der Waals surface area (Å²) in [4.78, 5) is 29.3. The largest absolute Gasteiger partial charge is 0.462 e. The molecule has 3 aromatic rings. The molecule has 9 heteroatoms. The summed E-state index contributed by atoms with van der Waals surface area (Å²) in [5.74, 6) is 0.677. The van der Waals surface area contributed by atoms with E-state index in [0.717, 1.165) is 5.56 Å². The highest BCUT2D eigenvalue weighted by atomic mass is 35.5. The summed E-state index contributed by atoms with van der Waals surface area (Å²) in [5, 5.41) is 0.494. The molecule has 0 spiro atoms. The maximum absolute atomic E-state index is 13.0. The molecule has 0 N–H and O–H groups in total. The lowest BCUT2D eigenvalue weighted by Crippen LogP contribution is -2.22. The van der Waals surface area contributed by atoms with E-state index < -0.39 is 11.5 Å². The Labute approximate surface area is 158 Å². The molecule has 0 fully saturated rings. The predicted octanol–water partition coefficient (Wildman–Crippen LogP) is 2.91. The average molecular weight is 391 g/mol. The van der Waals surface area contributed by atoms with Gasteiger partial charge >= 0.3 is 5.97 Å². The number of furan rings is 1. The second-order valence-electron chi connectivity index (χ2n) is 5.92. The lowest BCUT2D eigenvalue weighted by atomic mass is 10.1. The van der Waals surface area contributed by atoms with Crippen molar-refractivity contribution in [1.82, 2.24) is 9.55 Å². The van der Waals surface area contributed by atoms with Gasteiger partial charge in [-0.25, -0.2) is 9.78 Å². The van der Waals surface area contributed by atoms with Crippen molar-refractivity contribution < 1.29 is 23.4 Å². The van der Waals surface area contributed by atoms with Gasteiger partial charge in [0.25, 0.3) is 5.56 Å². The summed E-state index contributed by atoms with van der Waals surface area (Å²) in [6.45, 7) is 3.76. The maximum atomic E-state index is 13.0. The Balaban J connectivity index is 1.78. The van der Waals surface area contributed by atoms with Crippen LogP contribution in [0.25, 0.3) is 11.1 Å². The van der Waals surface area contributed by atoms with Crippen molar-refractivity contribution in [2.24, 2.45) is 0 Å². The van der Waals surface area contributed by atoms with Gasteiger partial charge in [-0.15, -0.1) is 0 Å². The van der Waals surface area contributed by atoms with Crippen molar-refractivity contribution in [3.8, 4) is 11.5 Å². The lowest BCUT2D eigenvalue weighted by Gasteiger charge is -2.08. The molecule has 140 valence electrons. The highest BCUT2D eigenvalue weighted by Crippen LogP contribution is 2.39. The summed E-state index contributed by atoms with van der Waals surface area (Å²) in [6.07, 6.45) is 1.36. The Morgan fingerprint density at radius 2 is 2.19 bits per heavy atom. The van der Waals surface area contributed by atoms with Gasteiger partial charge in [0.15, 0.2) is 11.5 Å². The number of hydrogen-bond donors (Lipinski definition) is 0. The maximum Gasteiger partial charge on any atom is 0.342 e. The normalized spacial score (nSPS) is 12.6. The molecule has 2 aromatic heterocycles. The van der Waals surface area contributed by atoms with E-state index in [2.05, 4.69) is 4.98 Å². The average Bonchev–Trinajstić information content (AvgIpc) is 3.22. The van der Waals surface area contributed by atoms with E-state index in [1.807, 2.05) is 0 Å². The highest BCUT2D eigenvalue weighted by molar-refractivity contribution is 6.32. The second kappa shape index (κ2) is 6.62. The Morgan fingerprint density at radius 1 is 1.37 bits per heavy atom. The third-order valence-corrected chi connectivity index (χ3v) is 4.46. The van der Waals surface area contributed by atoms with Crippen LogP contribution in [0.3, 0.4) is 0 Å². The molecule has 0 atom stereocenters. The van der Waals surface area contributed by atoms with Gasteiger partial charge in [-0.2, -0.15) is 0 Å². The molecular formula is C18H15ClN2O6. The first-order chi connectivity index (χ1) is 13.0. The lowest BCUT2D eigenvalue weighted by molar-refractivity contribution is 0.0526. The number of aryl methyl sites for hydroxylation is 1. The van der Waals surface area contributed by atoms with Crippen LogP contribution in [-0.4, -0.2) is 28.9 Å². The number of esters is 1. The fourth-order valence-electron chi connectivity index (χ4n) is 3.01. The van der Waals surface area contributed by atoms with Gasteiger partial charge in [0, 0.05) is 0 Å². The number of benzene rings is 1. The van der Waals surface area contributed by atoms with Gasteiger partial charge in [-0.3, -0.25) is 9.36 Å². The van der Waals surface area contributed by atoms with E-state index in [4.69, 9.17) is 30.2 Å². The van der Waals surface area contributed by atoms with Crippen molar-refractivity contribution >= 4 is 28.7 Å². The first-order valence-corrected chi connectivity index (χ1v) is 8.61. The highest BCUT2D eigenvalue weighted by Gasteiger charge is 2.24. The van der Waals surface area contributed by atoms with Crippen LogP contribution in [0.2, 0.25) is 5.02 Å². The molecule has 0 bridgehead atoms. The smallest absolute Gasteiger partial charge is 0.342 e. The second-order valence-corrected chi connectivity index (χ2v) is 6.33. The van der Waals surface area contributed by atoms with Crippen molar-refractivity contribution in [2.45, 2.75) is 20.4 Å². The molecule has 0 unspecified atom stereocenters. The summed E-state index contributed by atoms with van der Waals surface area (Å²) >= 11 is 6.20. The van der Waals surface area contributed by atoms with Gasteiger partial charge in [0.2, 0.25) is 12.5 Å². The van der Waals surface area contributed by atoms with Crippen molar-refractivity contribution in [3.63, 3.8) is 0 Å². The summed E-state index contributed by atoms with van der Waals surface area (Å²) in [7, 11) is 0. The molecule has 8 nitrogen and oxygen atoms in total. The molecular weight excluding hydrogens is 376 g/mol. The Kier molecular flexibility index (Phi) is 4.27. The van der Waals surface area contributed by atoms with Gasteiger partial charge in [0.1, 0.15) is 23.0 Å². The first kappa shape index (κ1) is 17.4. The zero-order valence-electron chi connectivity index (χ0n) is 14.6. The van der Waals surface area contributed by atoms with Crippen molar-refractivity contribution in [2.75, 3.05) is 13.4 Å². The van der Waals surface area contributed by atoms with E-state index in [1.54, 1.807) is 26.0 Å². The summed E-state index contributed by atoms with van der Waals surface area (Å²) in [6, 6.07) is 3.44. The fraction of sp³-hybridized carbons (Fsp3) is 0.278. The minimum atomic E-state index is -0.614. The topological polar surface area (TPSA) is 92.8 Å². The third kappa shape index (κ3) is 2.91. The Bertz CT molecular complexity index is 1120. The molecule has 0 amide bonds. The van der Waals surface area contributed by atoms with Crippen LogP contribution < -0.4 is 15.0 Å². The summed E-state index contributed by atoms with van der Waals surface area (Å²) in [5.41, 5.74) is 0.516. The number of ether oxygens (including phenoxy) is 3. The Morgan fingerprint density at radius 3 is 2.96 bits per heavy atom. The monoisotopic (exact) mass is 390 g/mol. The Hall–Kier alpha value is -3.00.